The van der Waals surface area contributed by atoms with E-state index in [0.29, 0.717) is 33.7 Å². The lowest BCUT2D eigenvalue weighted by Gasteiger charge is -2.65. The number of anilines is 1. The van der Waals surface area contributed by atoms with Crippen LogP contribution >= 0.6 is 15.9 Å². The van der Waals surface area contributed by atoms with Gasteiger partial charge in [-0.2, -0.15) is 5.10 Å². The Kier molecular flexibility index (Phi) is 6.48. The summed E-state index contributed by atoms with van der Waals surface area (Å²) in [4.78, 5) is 25.2. The van der Waals surface area contributed by atoms with Crippen LogP contribution in [0, 0.1) is 23.2 Å². The number of carbonyl (C=O) groups is 1. The van der Waals surface area contributed by atoms with Crippen molar-refractivity contribution in [1.82, 2.24) is 15.1 Å². The Morgan fingerprint density at radius 3 is 2.66 bits per heavy atom. The van der Waals surface area contributed by atoms with Gasteiger partial charge in [0.25, 0.3) is 5.56 Å². The van der Waals surface area contributed by atoms with Gasteiger partial charge in [0.15, 0.2) is 0 Å². The number of nitrogens with zero attached hydrogens (tertiary/aromatic N) is 2. The average molecular weight is 501 g/mol. The molecule has 0 spiro atoms. The Morgan fingerprint density at radius 2 is 2.00 bits per heavy atom. The number of benzene rings is 1. The third-order valence-electron chi connectivity index (χ3n) is 7.72. The summed E-state index contributed by atoms with van der Waals surface area (Å²) in [5.74, 6) is 1.79. The third kappa shape index (κ3) is 4.24. The lowest BCUT2D eigenvalue weighted by atomic mass is 9.43. The molecule has 0 radical (unpaired) electrons. The van der Waals surface area contributed by atoms with E-state index in [2.05, 4.69) is 52.4 Å². The fraction of sp³-hybridized carbons (Fsp3) is 0.560. The highest BCUT2D eigenvalue weighted by Crippen LogP contribution is 2.62. The van der Waals surface area contributed by atoms with Crippen LogP contribution in [0.4, 0.5) is 5.69 Å². The standard InChI is InChI=1S/C25H33BrN4O2/c1-15-10-11-18-23(21(15)25(18,3)4)29-19-14-27-30(24(32)22(19)26)13-12-20(31)28-16(2)17-8-6-5-7-9-17/h5-9,14-16,18,21,23,29H,10-13H2,1-4H3,(H,28,31)/t15-,16?,18+,21-,23+/m0/s1. The van der Waals surface area contributed by atoms with Crippen molar-refractivity contribution in [3.63, 3.8) is 0 Å². The highest BCUT2D eigenvalue weighted by molar-refractivity contribution is 9.10. The highest BCUT2D eigenvalue weighted by Gasteiger charge is 2.60. The molecule has 2 bridgehead atoms. The Balaban J connectivity index is 1.37. The summed E-state index contributed by atoms with van der Waals surface area (Å²) in [6.45, 7) is 9.26. The lowest BCUT2D eigenvalue weighted by molar-refractivity contribution is -0.122. The van der Waals surface area contributed by atoms with Crippen LogP contribution in [0.25, 0.3) is 0 Å². The second kappa shape index (κ2) is 9.00. The van der Waals surface area contributed by atoms with Crippen LogP contribution in [0.3, 0.4) is 0 Å². The van der Waals surface area contributed by atoms with E-state index in [4.69, 9.17) is 0 Å². The van der Waals surface area contributed by atoms with Gasteiger partial charge in [-0.25, -0.2) is 4.68 Å². The third-order valence-corrected chi connectivity index (χ3v) is 8.48. The van der Waals surface area contributed by atoms with Crippen molar-refractivity contribution in [2.45, 2.75) is 65.6 Å². The summed E-state index contributed by atoms with van der Waals surface area (Å²) in [6, 6.07) is 10.1. The van der Waals surface area contributed by atoms with Crippen LogP contribution in [0.5, 0.6) is 0 Å². The van der Waals surface area contributed by atoms with E-state index in [9.17, 15) is 9.59 Å². The van der Waals surface area contributed by atoms with Crippen LogP contribution in [0.2, 0.25) is 0 Å². The molecule has 5 atom stereocenters. The highest BCUT2D eigenvalue weighted by atomic mass is 79.9. The number of aryl methyl sites for hydroxylation is 1. The number of carbonyl (C=O) groups excluding carboxylic acids is 1. The minimum atomic E-state index is -0.212. The molecule has 32 heavy (non-hydrogen) atoms. The number of halogens is 1. The summed E-state index contributed by atoms with van der Waals surface area (Å²) in [5, 5.41) is 10.9. The van der Waals surface area contributed by atoms with Gasteiger partial charge in [0.1, 0.15) is 4.47 Å². The number of rotatable bonds is 7. The largest absolute Gasteiger partial charge is 0.379 e. The molecule has 4 rings (SSSR count). The Hall–Kier alpha value is -2.15. The van der Waals surface area contributed by atoms with E-state index < -0.39 is 0 Å². The molecule has 6 nitrogen and oxygen atoms in total. The molecule has 2 aliphatic rings. The molecule has 1 aromatic carbocycles. The van der Waals surface area contributed by atoms with Crippen LogP contribution in [0.15, 0.2) is 45.8 Å². The fourth-order valence-corrected chi connectivity index (χ4v) is 6.43. The fourth-order valence-electron chi connectivity index (χ4n) is 6.01. The quantitative estimate of drug-likeness (QED) is 0.574. The molecule has 0 aliphatic heterocycles. The van der Waals surface area contributed by atoms with Gasteiger partial charge < -0.3 is 10.6 Å². The average Bonchev–Trinajstić information content (AvgIpc) is 2.76. The lowest BCUT2D eigenvalue weighted by Crippen LogP contribution is -2.65. The maximum Gasteiger partial charge on any atom is 0.283 e. The smallest absolute Gasteiger partial charge is 0.283 e. The molecular formula is C25H33BrN4O2. The Morgan fingerprint density at radius 1 is 1.28 bits per heavy atom. The summed E-state index contributed by atoms with van der Waals surface area (Å²) in [5.41, 5.74) is 1.93. The molecule has 1 heterocycles. The monoisotopic (exact) mass is 500 g/mol. The van der Waals surface area contributed by atoms with Crippen molar-refractivity contribution >= 4 is 27.5 Å². The van der Waals surface area contributed by atoms with E-state index in [1.165, 1.54) is 17.5 Å². The van der Waals surface area contributed by atoms with Crippen LogP contribution in [-0.2, 0) is 11.3 Å². The maximum absolute atomic E-state index is 12.9. The first-order valence-corrected chi connectivity index (χ1v) is 12.4. The molecule has 0 saturated heterocycles. The zero-order valence-electron chi connectivity index (χ0n) is 19.3. The van der Waals surface area contributed by atoms with Gasteiger partial charge in [0.2, 0.25) is 5.91 Å². The number of hydrogen-bond donors (Lipinski definition) is 2. The maximum atomic E-state index is 12.9. The van der Waals surface area contributed by atoms with Gasteiger partial charge in [-0.05, 0) is 64.4 Å². The topological polar surface area (TPSA) is 76.0 Å². The summed E-state index contributed by atoms with van der Waals surface area (Å²) >= 11 is 3.48. The van der Waals surface area contributed by atoms with Gasteiger partial charge in [0.05, 0.1) is 24.5 Å². The summed E-state index contributed by atoms with van der Waals surface area (Å²) < 4.78 is 1.84. The van der Waals surface area contributed by atoms with E-state index in [1.807, 2.05) is 37.3 Å². The Labute approximate surface area is 198 Å². The SMILES string of the molecule is CC(NC(=O)CCn1ncc(N[C@H]2[C@@H]3[C@@H](C)CC[C@H]2C3(C)C)c(Br)c1=O)c1ccccc1. The second-order valence-electron chi connectivity index (χ2n) is 10.0. The van der Waals surface area contributed by atoms with Gasteiger partial charge in [0, 0.05) is 12.5 Å². The van der Waals surface area contributed by atoms with Crippen molar-refractivity contribution in [3.8, 4) is 0 Å². The van der Waals surface area contributed by atoms with Gasteiger partial charge in [-0.15, -0.1) is 0 Å². The number of hydrogen-bond acceptors (Lipinski definition) is 4. The first-order valence-electron chi connectivity index (χ1n) is 11.6. The van der Waals surface area contributed by atoms with E-state index in [1.54, 1.807) is 6.20 Å². The molecular weight excluding hydrogens is 468 g/mol. The molecule has 1 amide bonds. The van der Waals surface area contributed by atoms with Crippen LogP contribution < -0.4 is 16.2 Å². The van der Waals surface area contributed by atoms with Gasteiger partial charge in [-0.3, -0.25) is 9.59 Å². The minimum Gasteiger partial charge on any atom is -0.379 e. The normalized spacial score (nSPS) is 26.7. The van der Waals surface area contributed by atoms with Gasteiger partial charge >= 0.3 is 0 Å². The molecule has 172 valence electrons. The van der Waals surface area contributed by atoms with Crippen LogP contribution in [-0.4, -0.2) is 21.7 Å². The predicted octanol–water partition coefficient (Wildman–Crippen LogP) is 4.76. The molecule has 2 N–H and O–H groups in total. The molecule has 1 aromatic heterocycles. The van der Waals surface area contributed by atoms with Crippen LogP contribution in [0.1, 0.15) is 58.6 Å². The van der Waals surface area contributed by atoms with Gasteiger partial charge in [-0.1, -0.05) is 51.1 Å². The molecule has 7 heteroatoms. The molecule has 1 unspecified atom stereocenters. The number of nitrogens with one attached hydrogen (secondary N) is 2. The van der Waals surface area contributed by atoms with Crippen molar-refractivity contribution in [2.75, 3.05) is 5.32 Å². The zero-order valence-corrected chi connectivity index (χ0v) is 20.9. The molecule has 2 aliphatic carbocycles. The first-order chi connectivity index (χ1) is 15.2. The molecule has 2 aromatic rings. The van der Waals surface area contributed by atoms with E-state index >= 15 is 0 Å². The Bertz CT molecular complexity index is 1040. The van der Waals surface area contributed by atoms with Crippen molar-refractivity contribution in [2.24, 2.45) is 23.2 Å². The van der Waals surface area contributed by atoms with Crippen molar-refractivity contribution in [3.05, 3.63) is 56.9 Å². The molecule has 2 saturated carbocycles. The number of fused-ring (bicyclic) bond motifs is 2. The zero-order chi connectivity index (χ0) is 23.0. The summed E-state index contributed by atoms with van der Waals surface area (Å²) in [6.07, 6.45) is 4.41. The van der Waals surface area contributed by atoms with E-state index in [0.717, 1.165) is 11.3 Å². The second-order valence-corrected chi connectivity index (χ2v) is 10.8. The first kappa shape index (κ1) is 23.0. The minimum absolute atomic E-state index is 0.0831. The number of aromatic nitrogens is 2. The summed E-state index contributed by atoms with van der Waals surface area (Å²) in [7, 11) is 0. The van der Waals surface area contributed by atoms with Crippen molar-refractivity contribution < 1.29 is 4.79 Å². The predicted molar refractivity (Wildman–Crippen MR) is 130 cm³/mol. The molecule has 2 fully saturated rings. The number of amides is 1. The van der Waals surface area contributed by atoms with Crippen molar-refractivity contribution in [1.29, 1.82) is 0 Å². The van der Waals surface area contributed by atoms with E-state index in [-0.39, 0.29) is 30.5 Å².